The fraction of sp³-hybridized carbons (Fsp3) is 0.381. The van der Waals surface area contributed by atoms with Gasteiger partial charge in [-0.05, 0) is 30.3 Å². The molecule has 0 spiro atoms. The van der Waals surface area contributed by atoms with Crippen LogP contribution in [-0.2, 0) is 14.8 Å². The minimum absolute atomic E-state index is 0.0891. The van der Waals surface area contributed by atoms with Gasteiger partial charge in [-0.25, -0.2) is 8.42 Å². The quantitative estimate of drug-likeness (QED) is 0.776. The molecule has 9 heteroatoms. The Balaban J connectivity index is 1.52. The number of ether oxygens (including phenoxy) is 1. The van der Waals surface area contributed by atoms with Crippen LogP contribution < -0.4 is 15.0 Å². The van der Waals surface area contributed by atoms with Crippen molar-refractivity contribution in [2.75, 3.05) is 43.5 Å². The molecule has 0 aromatic heterocycles. The number of carbonyl (C=O) groups is 1. The van der Waals surface area contributed by atoms with Gasteiger partial charge < -0.3 is 15.0 Å². The van der Waals surface area contributed by atoms with Gasteiger partial charge in [0.05, 0.1) is 23.4 Å². The predicted molar refractivity (Wildman–Crippen MR) is 119 cm³/mol. The number of thioether (sulfide) groups is 1. The van der Waals surface area contributed by atoms with Gasteiger partial charge in [-0.3, -0.25) is 4.79 Å². The Labute approximate surface area is 181 Å². The molecule has 7 nitrogen and oxygen atoms in total. The molecular formula is C21H25N3O4S2. The van der Waals surface area contributed by atoms with Crippen molar-refractivity contribution in [2.24, 2.45) is 0 Å². The Kier molecular flexibility index (Phi) is 5.95. The van der Waals surface area contributed by atoms with Crippen molar-refractivity contribution < 1.29 is 17.9 Å². The number of nitrogens with zero attached hydrogens (tertiary/aromatic N) is 2. The zero-order valence-electron chi connectivity index (χ0n) is 17.0. The van der Waals surface area contributed by atoms with E-state index in [1.54, 1.807) is 37.1 Å². The molecule has 2 aliphatic heterocycles. The number of methoxy groups -OCH3 is 1. The molecule has 1 fully saturated rings. The molecule has 0 saturated carbocycles. The van der Waals surface area contributed by atoms with E-state index in [-0.39, 0.29) is 16.1 Å². The number of benzene rings is 2. The average Bonchev–Trinajstić information content (AvgIpc) is 2.89. The van der Waals surface area contributed by atoms with E-state index in [2.05, 4.69) is 10.2 Å². The molecule has 1 N–H and O–H groups in total. The van der Waals surface area contributed by atoms with Gasteiger partial charge in [-0.2, -0.15) is 4.31 Å². The maximum Gasteiger partial charge on any atom is 0.243 e. The van der Waals surface area contributed by atoms with Crippen molar-refractivity contribution >= 4 is 39.1 Å². The van der Waals surface area contributed by atoms with Gasteiger partial charge in [0.15, 0.2) is 0 Å². The van der Waals surface area contributed by atoms with E-state index in [4.69, 9.17) is 4.74 Å². The summed E-state index contributed by atoms with van der Waals surface area (Å²) < 4.78 is 33.4. The van der Waals surface area contributed by atoms with Gasteiger partial charge in [0.1, 0.15) is 5.75 Å². The Bertz CT molecular complexity index is 1050. The van der Waals surface area contributed by atoms with Crippen molar-refractivity contribution in [2.45, 2.75) is 28.4 Å². The lowest BCUT2D eigenvalue weighted by Crippen LogP contribution is -2.48. The van der Waals surface area contributed by atoms with Crippen LogP contribution in [0.3, 0.4) is 0 Å². The smallest absolute Gasteiger partial charge is 0.243 e. The highest BCUT2D eigenvalue weighted by Gasteiger charge is 2.30. The number of hydrogen-bond donors (Lipinski definition) is 1. The summed E-state index contributed by atoms with van der Waals surface area (Å²) in [5.74, 6) is 0.691. The van der Waals surface area contributed by atoms with E-state index < -0.39 is 10.0 Å². The Morgan fingerprint density at radius 3 is 2.57 bits per heavy atom. The molecule has 4 rings (SSSR count). The summed E-state index contributed by atoms with van der Waals surface area (Å²) in [5.41, 5.74) is 1.54. The maximum absolute atomic E-state index is 13.2. The molecule has 0 radical (unpaired) electrons. The Morgan fingerprint density at radius 2 is 1.83 bits per heavy atom. The lowest BCUT2D eigenvalue weighted by atomic mass is 10.2. The summed E-state index contributed by atoms with van der Waals surface area (Å²) in [6.45, 7) is 3.92. The van der Waals surface area contributed by atoms with Gasteiger partial charge in [0.2, 0.25) is 15.9 Å². The molecule has 2 aliphatic rings. The van der Waals surface area contributed by atoms with Crippen LogP contribution in [0.2, 0.25) is 0 Å². The van der Waals surface area contributed by atoms with Gasteiger partial charge in [-0.15, -0.1) is 11.8 Å². The number of carbonyl (C=O) groups excluding carboxylic acids is 1. The minimum atomic E-state index is -3.64. The summed E-state index contributed by atoms with van der Waals surface area (Å²) in [6, 6.07) is 12.8. The average molecular weight is 448 g/mol. The van der Waals surface area contributed by atoms with Crippen LogP contribution in [0.25, 0.3) is 0 Å². The third-order valence-corrected chi connectivity index (χ3v) is 8.40. The van der Waals surface area contributed by atoms with Gasteiger partial charge in [0, 0.05) is 42.7 Å². The second-order valence-corrected chi connectivity index (χ2v) is 10.8. The van der Waals surface area contributed by atoms with E-state index >= 15 is 0 Å². The molecule has 30 heavy (non-hydrogen) atoms. The fourth-order valence-corrected chi connectivity index (χ4v) is 6.30. The summed E-state index contributed by atoms with van der Waals surface area (Å²) in [4.78, 5) is 15.3. The van der Waals surface area contributed by atoms with E-state index in [1.165, 1.54) is 4.31 Å². The zero-order valence-corrected chi connectivity index (χ0v) is 18.6. The molecule has 2 heterocycles. The van der Waals surface area contributed by atoms with Crippen LogP contribution >= 0.6 is 11.8 Å². The van der Waals surface area contributed by atoms with E-state index in [1.807, 2.05) is 31.2 Å². The summed E-state index contributed by atoms with van der Waals surface area (Å²) in [7, 11) is -2.01. The molecule has 1 saturated heterocycles. The fourth-order valence-electron chi connectivity index (χ4n) is 3.80. The number of para-hydroxylation sites is 2. The molecule has 160 valence electrons. The van der Waals surface area contributed by atoms with Gasteiger partial charge in [-0.1, -0.05) is 19.1 Å². The van der Waals surface area contributed by atoms with E-state index in [0.29, 0.717) is 38.3 Å². The molecule has 2 aromatic carbocycles. The first kappa shape index (κ1) is 21.0. The van der Waals surface area contributed by atoms with Crippen molar-refractivity contribution in [1.29, 1.82) is 0 Å². The Morgan fingerprint density at radius 1 is 1.10 bits per heavy atom. The summed E-state index contributed by atoms with van der Waals surface area (Å²) in [5, 5.41) is 2.99. The number of piperazine rings is 1. The highest BCUT2D eigenvalue weighted by atomic mass is 32.2. The highest BCUT2D eigenvalue weighted by Crippen LogP contribution is 2.37. The van der Waals surface area contributed by atoms with Crippen LogP contribution in [-0.4, -0.2) is 57.2 Å². The summed E-state index contributed by atoms with van der Waals surface area (Å²) >= 11 is 1.58. The number of anilines is 2. The summed E-state index contributed by atoms with van der Waals surface area (Å²) in [6.07, 6.45) is 0.409. The SMILES string of the molecule is COc1ccccc1N1CCN(S(=O)(=O)c2ccc3c(c2)NC(=O)C[C@H](C)S3)CC1. The number of nitrogens with one attached hydrogen (secondary N) is 1. The van der Waals surface area contributed by atoms with Gasteiger partial charge in [0.25, 0.3) is 0 Å². The minimum Gasteiger partial charge on any atom is -0.495 e. The Hall–Kier alpha value is -2.23. The number of hydrogen-bond acceptors (Lipinski definition) is 6. The van der Waals surface area contributed by atoms with Crippen LogP contribution in [0.5, 0.6) is 5.75 Å². The third-order valence-electron chi connectivity index (χ3n) is 5.33. The molecule has 0 bridgehead atoms. The predicted octanol–water partition coefficient (Wildman–Crippen LogP) is 3.03. The number of fused-ring (bicyclic) bond motifs is 1. The van der Waals surface area contributed by atoms with Gasteiger partial charge >= 0.3 is 0 Å². The lowest BCUT2D eigenvalue weighted by Gasteiger charge is -2.36. The standard InChI is InChI=1S/C21H25N3O4S2/c1-15-13-21(25)22-17-14-16(7-8-20(17)29-15)30(26,27)24-11-9-23(10-12-24)18-5-3-4-6-19(18)28-2/h3-8,14-15H,9-13H2,1-2H3,(H,22,25)/t15-/m0/s1. The molecular weight excluding hydrogens is 422 g/mol. The van der Waals surface area contributed by atoms with Crippen LogP contribution in [0, 0.1) is 0 Å². The molecule has 1 atom stereocenters. The molecule has 2 aromatic rings. The largest absolute Gasteiger partial charge is 0.495 e. The first-order chi connectivity index (χ1) is 14.4. The van der Waals surface area contributed by atoms with Crippen LogP contribution in [0.1, 0.15) is 13.3 Å². The first-order valence-electron chi connectivity index (χ1n) is 9.87. The van der Waals surface area contributed by atoms with E-state index in [0.717, 1.165) is 16.3 Å². The molecule has 0 unspecified atom stereocenters. The van der Waals surface area contributed by atoms with Crippen molar-refractivity contribution in [1.82, 2.24) is 4.31 Å². The monoisotopic (exact) mass is 447 g/mol. The van der Waals surface area contributed by atoms with Crippen molar-refractivity contribution in [3.63, 3.8) is 0 Å². The maximum atomic E-state index is 13.2. The van der Waals surface area contributed by atoms with E-state index in [9.17, 15) is 13.2 Å². The molecule has 1 amide bonds. The number of rotatable bonds is 4. The van der Waals surface area contributed by atoms with Crippen molar-refractivity contribution in [3.8, 4) is 5.75 Å². The van der Waals surface area contributed by atoms with Crippen molar-refractivity contribution in [3.05, 3.63) is 42.5 Å². The first-order valence-corrected chi connectivity index (χ1v) is 12.2. The van der Waals surface area contributed by atoms with Crippen LogP contribution in [0.15, 0.2) is 52.3 Å². The number of sulfonamides is 1. The second kappa shape index (κ2) is 8.49. The topological polar surface area (TPSA) is 79.0 Å². The van der Waals surface area contributed by atoms with Crippen LogP contribution in [0.4, 0.5) is 11.4 Å². The normalized spacial score (nSPS) is 20.3. The number of amides is 1. The second-order valence-electron chi connectivity index (χ2n) is 7.40. The third kappa shape index (κ3) is 4.14. The molecule has 0 aliphatic carbocycles. The highest BCUT2D eigenvalue weighted by molar-refractivity contribution is 8.00. The zero-order chi connectivity index (χ0) is 21.3. The lowest BCUT2D eigenvalue weighted by molar-refractivity contribution is -0.116.